The largest absolute Gasteiger partial charge is 0.351 e. The monoisotopic (exact) mass is 339 g/mol. The normalized spacial score (nSPS) is 12.1. The quantitative estimate of drug-likeness (QED) is 0.821. The summed E-state index contributed by atoms with van der Waals surface area (Å²) in [4.78, 5) is 12.1. The van der Waals surface area contributed by atoms with Gasteiger partial charge in [-0.3, -0.25) is 9.00 Å². The van der Waals surface area contributed by atoms with E-state index in [1.54, 1.807) is 29.1 Å². The third-order valence-electron chi connectivity index (χ3n) is 3.07. The Morgan fingerprint density at radius 2 is 2.18 bits per heavy atom. The molecule has 1 atom stereocenters. The maximum absolute atomic E-state index is 12.1. The van der Waals surface area contributed by atoms with Crippen LogP contribution in [0.25, 0.3) is 5.69 Å². The predicted molar refractivity (Wildman–Crippen MR) is 89.2 cm³/mol. The molecule has 0 aliphatic rings. The van der Waals surface area contributed by atoms with Crippen molar-refractivity contribution in [3.63, 3.8) is 0 Å². The van der Waals surface area contributed by atoms with E-state index in [-0.39, 0.29) is 5.91 Å². The number of aromatic nitrogens is 2. The van der Waals surface area contributed by atoms with Crippen LogP contribution in [0.4, 0.5) is 0 Å². The van der Waals surface area contributed by atoms with Gasteiger partial charge in [0.1, 0.15) is 0 Å². The van der Waals surface area contributed by atoms with Crippen molar-refractivity contribution in [2.75, 3.05) is 18.6 Å². The van der Waals surface area contributed by atoms with Gasteiger partial charge in [-0.1, -0.05) is 17.7 Å². The number of hydrogen-bond donors (Lipinski definition) is 1. The number of rotatable bonds is 6. The van der Waals surface area contributed by atoms with E-state index >= 15 is 0 Å². The van der Waals surface area contributed by atoms with Crippen LogP contribution in [0.5, 0.6) is 0 Å². The van der Waals surface area contributed by atoms with Gasteiger partial charge in [0.25, 0.3) is 5.91 Å². The molecule has 1 heterocycles. The van der Waals surface area contributed by atoms with E-state index in [0.29, 0.717) is 29.4 Å². The molecule has 0 radical (unpaired) electrons. The van der Waals surface area contributed by atoms with Gasteiger partial charge in [-0.2, -0.15) is 5.10 Å². The van der Waals surface area contributed by atoms with Crippen molar-refractivity contribution < 1.29 is 9.00 Å². The fourth-order valence-corrected chi connectivity index (χ4v) is 2.76. The van der Waals surface area contributed by atoms with Crippen molar-refractivity contribution in [1.82, 2.24) is 15.1 Å². The number of aryl methyl sites for hydroxylation is 1. The highest BCUT2D eigenvalue weighted by atomic mass is 35.5. The van der Waals surface area contributed by atoms with Crippen LogP contribution in [0.3, 0.4) is 0 Å². The summed E-state index contributed by atoms with van der Waals surface area (Å²) in [6.07, 6.45) is 2.33. The average Bonchev–Trinajstić information content (AvgIpc) is 2.85. The number of amides is 1. The lowest BCUT2D eigenvalue weighted by atomic mass is 10.3. The van der Waals surface area contributed by atoms with E-state index < -0.39 is 10.8 Å². The summed E-state index contributed by atoms with van der Waals surface area (Å²) in [5, 5.41) is 7.72. The first kappa shape index (κ1) is 16.7. The molecule has 0 saturated heterocycles. The first-order valence-corrected chi connectivity index (χ1v) is 8.98. The smallest absolute Gasteiger partial charge is 0.271 e. The van der Waals surface area contributed by atoms with E-state index in [4.69, 9.17) is 11.6 Å². The number of carbonyl (C=O) groups is 1. The molecule has 1 N–H and O–H groups in total. The Morgan fingerprint density at radius 3 is 2.86 bits per heavy atom. The molecule has 2 rings (SSSR count). The molecule has 0 aliphatic carbocycles. The summed E-state index contributed by atoms with van der Waals surface area (Å²) in [7, 11) is -0.835. The molecule has 118 valence electrons. The molecule has 7 heteroatoms. The van der Waals surface area contributed by atoms with Crippen LogP contribution in [0.15, 0.2) is 30.3 Å². The van der Waals surface area contributed by atoms with Gasteiger partial charge in [0, 0.05) is 40.1 Å². The highest BCUT2D eigenvalue weighted by Crippen LogP contribution is 2.16. The van der Waals surface area contributed by atoms with Gasteiger partial charge in [-0.15, -0.1) is 0 Å². The van der Waals surface area contributed by atoms with E-state index in [9.17, 15) is 9.00 Å². The third kappa shape index (κ3) is 4.42. The molecule has 0 saturated carbocycles. The molecule has 1 aromatic carbocycles. The fourth-order valence-electron chi connectivity index (χ4n) is 2.02. The zero-order chi connectivity index (χ0) is 16.1. The van der Waals surface area contributed by atoms with Gasteiger partial charge in [0.05, 0.1) is 5.69 Å². The van der Waals surface area contributed by atoms with Gasteiger partial charge in [0.15, 0.2) is 5.69 Å². The van der Waals surface area contributed by atoms with Crippen molar-refractivity contribution in [3.05, 3.63) is 46.7 Å². The minimum Gasteiger partial charge on any atom is -0.351 e. The summed E-state index contributed by atoms with van der Waals surface area (Å²) < 4.78 is 12.6. The van der Waals surface area contributed by atoms with Crippen LogP contribution in [0, 0.1) is 6.92 Å². The van der Waals surface area contributed by atoms with Crippen LogP contribution in [0.2, 0.25) is 5.02 Å². The lowest BCUT2D eigenvalue weighted by molar-refractivity contribution is 0.0948. The van der Waals surface area contributed by atoms with Crippen LogP contribution >= 0.6 is 11.6 Å². The summed E-state index contributed by atoms with van der Waals surface area (Å²) in [6.45, 7) is 2.37. The number of carbonyl (C=O) groups excluding carboxylic acids is 1. The Morgan fingerprint density at radius 1 is 1.41 bits per heavy atom. The molecule has 1 aromatic heterocycles. The fraction of sp³-hybridized carbons (Fsp3) is 0.333. The molecular formula is C15H18ClN3O2S. The van der Waals surface area contributed by atoms with Crippen molar-refractivity contribution in [1.29, 1.82) is 0 Å². The van der Waals surface area contributed by atoms with Crippen molar-refractivity contribution in [2.45, 2.75) is 13.3 Å². The molecule has 0 bridgehead atoms. The first-order valence-electron chi connectivity index (χ1n) is 6.88. The van der Waals surface area contributed by atoms with Gasteiger partial charge in [-0.25, -0.2) is 4.68 Å². The summed E-state index contributed by atoms with van der Waals surface area (Å²) >= 11 is 5.98. The number of hydrogen-bond acceptors (Lipinski definition) is 3. The highest BCUT2D eigenvalue weighted by molar-refractivity contribution is 7.84. The molecule has 0 spiro atoms. The second-order valence-corrected chi connectivity index (χ2v) is 6.94. The molecule has 2 aromatic rings. The number of nitrogens with zero attached hydrogens (tertiary/aromatic N) is 2. The van der Waals surface area contributed by atoms with E-state index in [2.05, 4.69) is 10.4 Å². The molecule has 0 fully saturated rings. The zero-order valence-electron chi connectivity index (χ0n) is 12.5. The van der Waals surface area contributed by atoms with Crippen LogP contribution in [-0.2, 0) is 10.8 Å². The summed E-state index contributed by atoms with van der Waals surface area (Å²) in [6, 6.07) is 9.02. The Bertz CT molecular complexity index is 700. The maximum atomic E-state index is 12.1. The van der Waals surface area contributed by atoms with Gasteiger partial charge in [0.2, 0.25) is 0 Å². The average molecular weight is 340 g/mol. The Balaban J connectivity index is 2.06. The first-order chi connectivity index (χ1) is 10.5. The molecule has 1 amide bonds. The second kappa shape index (κ2) is 7.56. The van der Waals surface area contributed by atoms with Gasteiger partial charge < -0.3 is 5.32 Å². The lowest BCUT2D eigenvalue weighted by Crippen LogP contribution is -2.25. The number of halogens is 1. The zero-order valence-corrected chi connectivity index (χ0v) is 14.1. The minimum absolute atomic E-state index is 0.231. The minimum atomic E-state index is -0.835. The Hall–Kier alpha value is -1.66. The molecular weight excluding hydrogens is 322 g/mol. The number of benzene rings is 1. The van der Waals surface area contributed by atoms with Crippen LogP contribution < -0.4 is 5.32 Å². The molecule has 0 unspecified atom stereocenters. The highest BCUT2D eigenvalue weighted by Gasteiger charge is 2.13. The summed E-state index contributed by atoms with van der Waals surface area (Å²) in [5.41, 5.74) is 2.02. The van der Waals surface area contributed by atoms with Crippen molar-refractivity contribution in [3.8, 4) is 5.69 Å². The molecule has 0 aliphatic heterocycles. The Kier molecular flexibility index (Phi) is 5.74. The topological polar surface area (TPSA) is 64.0 Å². The lowest BCUT2D eigenvalue weighted by Gasteiger charge is -2.04. The second-order valence-electron chi connectivity index (χ2n) is 4.95. The maximum Gasteiger partial charge on any atom is 0.271 e. The molecule has 22 heavy (non-hydrogen) atoms. The van der Waals surface area contributed by atoms with E-state index in [1.807, 2.05) is 19.1 Å². The Labute approximate surface area is 137 Å². The number of nitrogens with one attached hydrogen (secondary N) is 1. The van der Waals surface area contributed by atoms with Crippen molar-refractivity contribution >= 4 is 28.3 Å². The SMILES string of the molecule is Cc1cc(C(=O)NCCC[S@](C)=O)nn1-c1cccc(Cl)c1. The molecule has 5 nitrogen and oxygen atoms in total. The van der Waals surface area contributed by atoms with Crippen molar-refractivity contribution in [2.24, 2.45) is 0 Å². The standard InChI is InChI=1S/C15H18ClN3O2S/c1-11-9-14(15(20)17-7-4-8-22(2)21)18-19(11)13-6-3-5-12(16)10-13/h3,5-6,9-10H,4,7-8H2,1-2H3,(H,17,20)/t22-/m0/s1. The van der Waals surface area contributed by atoms with Gasteiger partial charge in [-0.05, 0) is 37.6 Å². The summed E-state index contributed by atoms with van der Waals surface area (Å²) in [5.74, 6) is 0.349. The van der Waals surface area contributed by atoms with E-state index in [1.165, 1.54) is 0 Å². The van der Waals surface area contributed by atoms with Crippen LogP contribution in [0.1, 0.15) is 22.6 Å². The van der Waals surface area contributed by atoms with Crippen LogP contribution in [-0.4, -0.2) is 38.4 Å². The predicted octanol–water partition coefficient (Wildman–Crippen LogP) is 2.33. The van der Waals surface area contributed by atoms with Gasteiger partial charge >= 0.3 is 0 Å². The van der Waals surface area contributed by atoms with E-state index in [0.717, 1.165) is 11.4 Å². The third-order valence-corrected chi connectivity index (χ3v) is 4.17.